The van der Waals surface area contributed by atoms with Gasteiger partial charge in [-0.25, -0.2) is 0 Å². The zero-order chi connectivity index (χ0) is 13.0. The van der Waals surface area contributed by atoms with E-state index in [9.17, 15) is 4.79 Å². The molecule has 1 amide bonds. The largest absolute Gasteiger partial charge is 0.375 e. The van der Waals surface area contributed by atoms with Crippen LogP contribution < -0.4 is 5.73 Å². The van der Waals surface area contributed by atoms with E-state index in [4.69, 9.17) is 15.2 Å². The van der Waals surface area contributed by atoms with Gasteiger partial charge < -0.3 is 20.1 Å². The van der Waals surface area contributed by atoms with E-state index in [1.165, 1.54) is 0 Å². The minimum absolute atomic E-state index is 0.0650. The molecule has 2 saturated heterocycles. The maximum absolute atomic E-state index is 12.2. The van der Waals surface area contributed by atoms with Gasteiger partial charge in [-0.2, -0.15) is 0 Å². The standard InChI is InChI=1S/C12H23N3O3/c1-10-7-15(3-5-17-10)12(16)9-14-2-4-18-11(6-13)8-14/h10-11H,2-9,13H2,1H3. The molecule has 0 aromatic heterocycles. The number of hydrogen-bond acceptors (Lipinski definition) is 5. The molecule has 104 valence electrons. The maximum Gasteiger partial charge on any atom is 0.236 e. The second-order valence-corrected chi connectivity index (χ2v) is 4.98. The Kier molecular flexibility index (Phi) is 4.94. The fourth-order valence-corrected chi connectivity index (χ4v) is 2.40. The number of ether oxygens (including phenoxy) is 2. The first-order valence-corrected chi connectivity index (χ1v) is 6.62. The molecule has 2 heterocycles. The zero-order valence-electron chi connectivity index (χ0n) is 11.0. The summed E-state index contributed by atoms with van der Waals surface area (Å²) in [6.07, 6.45) is 0.208. The molecular weight excluding hydrogens is 234 g/mol. The topological polar surface area (TPSA) is 68.0 Å². The van der Waals surface area contributed by atoms with Gasteiger partial charge in [0.25, 0.3) is 0 Å². The molecule has 0 aromatic carbocycles. The molecule has 0 saturated carbocycles. The highest BCUT2D eigenvalue weighted by Crippen LogP contribution is 2.08. The highest BCUT2D eigenvalue weighted by atomic mass is 16.5. The van der Waals surface area contributed by atoms with Crippen LogP contribution in [0.1, 0.15) is 6.92 Å². The summed E-state index contributed by atoms with van der Waals surface area (Å²) in [6.45, 7) is 7.24. The van der Waals surface area contributed by atoms with Crippen LogP contribution in [0.5, 0.6) is 0 Å². The van der Waals surface area contributed by atoms with Crippen LogP contribution in [-0.2, 0) is 14.3 Å². The van der Waals surface area contributed by atoms with E-state index in [-0.39, 0.29) is 18.1 Å². The summed E-state index contributed by atoms with van der Waals surface area (Å²) in [5.41, 5.74) is 5.59. The number of carbonyl (C=O) groups is 1. The average Bonchev–Trinajstić information content (AvgIpc) is 2.39. The number of hydrogen-bond donors (Lipinski definition) is 1. The van der Waals surface area contributed by atoms with E-state index in [1.807, 2.05) is 11.8 Å². The quantitative estimate of drug-likeness (QED) is 0.694. The lowest BCUT2D eigenvalue weighted by Gasteiger charge is -2.35. The molecule has 0 radical (unpaired) electrons. The van der Waals surface area contributed by atoms with Gasteiger partial charge in [0.15, 0.2) is 0 Å². The van der Waals surface area contributed by atoms with Crippen molar-refractivity contribution >= 4 is 5.91 Å². The van der Waals surface area contributed by atoms with Gasteiger partial charge >= 0.3 is 0 Å². The number of rotatable bonds is 3. The van der Waals surface area contributed by atoms with Crippen molar-refractivity contribution in [2.45, 2.75) is 19.1 Å². The van der Waals surface area contributed by atoms with Crippen molar-refractivity contribution in [2.24, 2.45) is 5.73 Å². The molecule has 2 atom stereocenters. The fourth-order valence-electron chi connectivity index (χ4n) is 2.40. The first kappa shape index (κ1) is 13.7. The summed E-state index contributed by atoms with van der Waals surface area (Å²) in [5.74, 6) is 0.183. The summed E-state index contributed by atoms with van der Waals surface area (Å²) in [5, 5.41) is 0. The van der Waals surface area contributed by atoms with Crippen molar-refractivity contribution in [3.05, 3.63) is 0 Å². The average molecular weight is 257 g/mol. The minimum atomic E-state index is 0.0650. The van der Waals surface area contributed by atoms with Gasteiger partial charge in [-0.15, -0.1) is 0 Å². The summed E-state index contributed by atoms with van der Waals surface area (Å²) < 4.78 is 10.9. The van der Waals surface area contributed by atoms with Crippen molar-refractivity contribution < 1.29 is 14.3 Å². The molecule has 6 nitrogen and oxygen atoms in total. The van der Waals surface area contributed by atoms with Crippen LogP contribution in [0.3, 0.4) is 0 Å². The van der Waals surface area contributed by atoms with Crippen LogP contribution in [0, 0.1) is 0 Å². The van der Waals surface area contributed by atoms with Gasteiger partial charge in [0.2, 0.25) is 5.91 Å². The van der Waals surface area contributed by atoms with Gasteiger partial charge in [0, 0.05) is 32.7 Å². The lowest BCUT2D eigenvalue weighted by atomic mass is 10.2. The first-order chi connectivity index (χ1) is 8.69. The third-order valence-electron chi connectivity index (χ3n) is 3.44. The van der Waals surface area contributed by atoms with Crippen LogP contribution in [0.4, 0.5) is 0 Å². The van der Waals surface area contributed by atoms with Crippen LogP contribution in [0.2, 0.25) is 0 Å². The van der Waals surface area contributed by atoms with Crippen molar-refractivity contribution in [3.8, 4) is 0 Å². The molecule has 2 unspecified atom stereocenters. The highest BCUT2D eigenvalue weighted by Gasteiger charge is 2.25. The van der Waals surface area contributed by atoms with Crippen molar-refractivity contribution in [2.75, 3.05) is 52.5 Å². The predicted molar refractivity (Wildman–Crippen MR) is 67.2 cm³/mol. The monoisotopic (exact) mass is 257 g/mol. The van der Waals surface area contributed by atoms with Gasteiger partial charge in [-0.05, 0) is 6.92 Å². The first-order valence-electron chi connectivity index (χ1n) is 6.62. The fraction of sp³-hybridized carbons (Fsp3) is 0.917. The molecule has 2 rings (SSSR count). The lowest BCUT2D eigenvalue weighted by Crippen LogP contribution is -2.52. The Morgan fingerprint density at radius 3 is 2.78 bits per heavy atom. The summed E-state index contributed by atoms with van der Waals surface area (Å²) in [7, 11) is 0. The molecule has 6 heteroatoms. The normalized spacial score (nSPS) is 30.4. The second-order valence-electron chi connectivity index (χ2n) is 4.98. The Hall–Kier alpha value is -0.690. The Balaban J connectivity index is 1.79. The van der Waals surface area contributed by atoms with Crippen LogP contribution in [0.25, 0.3) is 0 Å². The summed E-state index contributed by atoms with van der Waals surface area (Å²) in [6, 6.07) is 0. The second kappa shape index (κ2) is 6.47. The molecule has 2 fully saturated rings. The molecule has 0 aromatic rings. The lowest BCUT2D eigenvalue weighted by molar-refractivity contribution is -0.141. The van der Waals surface area contributed by atoms with E-state index < -0.39 is 0 Å². The van der Waals surface area contributed by atoms with Gasteiger partial charge in [-0.3, -0.25) is 9.69 Å². The molecular formula is C12H23N3O3. The number of morpholine rings is 2. The van der Waals surface area contributed by atoms with Crippen LogP contribution in [0.15, 0.2) is 0 Å². The molecule has 2 aliphatic heterocycles. The van der Waals surface area contributed by atoms with Crippen LogP contribution in [-0.4, -0.2) is 80.4 Å². The minimum Gasteiger partial charge on any atom is -0.375 e. The third-order valence-corrected chi connectivity index (χ3v) is 3.44. The van der Waals surface area contributed by atoms with E-state index in [1.54, 1.807) is 0 Å². The Bertz CT molecular complexity index is 288. The summed E-state index contributed by atoms with van der Waals surface area (Å²) in [4.78, 5) is 16.2. The van der Waals surface area contributed by atoms with Crippen LogP contribution >= 0.6 is 0 Å². The van der Waals surface area contributed by atoms with E-state index in [0.29, 0.717) is 39.4 Å². The smallest absolute Gasteiger partial charge is 0.236 e. The maximum atomic E-state index is 12.2. The highest BCUT2D eigenvalue weighted by molar-refractivity contribution is 5.78. The molecule has 2 aliphatic rings. The molecule has 0 aliphatic carbocycles. The molecule has 18 heavy (non-hydrogen) atoms. The Morgan fingerprint density at radius 2 is 2.06 bits per heavy atom. The van der Waals surface area contributed by atoms with E-state index >= 15 is 0 Å². The predicted octanol–water partition coefficient (Wildman–Crippen LogP) is -1.11. The van der Waals surface area contributed by atoms with E-state index in [2.05, 4.69) is 4.90 Å². The van der Waals surface area contributed by atoms with Crippen molar-refractivity contribution in [1.29, 1.82) is 0 Å². The van der Waals surface area contributed by atoms with E-state index in [0.717, 1.165) is 13.1 Å². The number of amides is 1. The van der Waals surface area contributed by atoms with Gasteiger partial charge in [0.1, 0.15) is 0 Å². The van der Waals surface area contributed by atoms with Crippen molar-refractivity contribution in [1.82, 2.24) is 9.80 Å². The summed E-state index contributed by atoms with van der Waals surface area (Å²) >= 11 is 0. The third kappa shape index (κ3) is 3.65. The molecule has 0 bridgehead atoms. The van der Waals surface area contributed by atoms with Crippen molar-refractivity contribution in [3.63, 3.8) is 0 Å². The Morgan fingerprint density at radius 1 is 1.28 bits per heavy atom. The number of nitrogens with zero attached hydrogens (tertiary/aromatic N) is 2. The number of carbonyl (C=O) groups excluding carboxylic acids is 1. The SMILES string of the molecule is CC1CN(C(=O)CN2CCOC(CN)C2)CCO1. The van der Waals surface area contributed by atoms with Gasteiger partial charge in [-0.1, -0.05) is 0 Å². The molecule has 0 spiro atoms. The number of nitrogens with two attached hydrogens (primary N) is 1. The zero-order valence-corrected chi connectivity index (χ0v) is 11.0. The Labute approximate surface area is 108 Å². The van der Waals surface area contributed by atoms with Gasteiger partial charge in [0.05, 0.1) is 32.0 Å². The molecule has 2 N–H and O–H groups in total.